The minimum absolute atomic E-state index is 0.768. The third-order valence-electron chi connectivity index (χ3n) is 2.50. The molecule has 15 heavy (non-hydrogen) atoms. The fourth-order valence-electron chi connectivity index (χ4n) is 1.84. The van der Waals surface area contributed by atoms with E-state index in [1.54, 1.807) is 11.3 Å². The van der Waals surface area contributed by atoms with E-state index in [1.165, 1.54) is 4.88 Å². The van der Waals surface area contributed by atoms with Gasteiger partial charge in [-0.25, -0.2) is 0 Å². The number of allylic oxidation sites excluding steroid dienone is 2. The van der Waals surface area contributed by atoms with E-state index >= 15 is 0 Å². The molecule has 3 rings (SSSR count). The monoisotopic (exact) mass is 211 g/mol. The lowest BCUT2D eigenvalue weighted by Crippen LogP contribution is -1.83. The molecule has 0 atom stereocenters. The van der Waals surface area contributed by atoms with Crippen LogP contribution in [-0.2, 0) is 0 Å². The molecule has 0 radical (unpaired) electrons. The summed E-state index contributed by atoms with van der Waals surface area (Å²) in [7, 11) is 0. The van der Waals surface area contributed by atoms with Gasteiger partial charge in [-0.3, -0.25) is 4.79 Å². The molecule has 1 aliphatic rings. The van der Waals surface area contributed by atoms with E-state index in [0.717, 1.165) is 27.5 Å². The lowest BCUT2D eigenvalue weighted by atomic mass is 10.0. The highest BCUT2D eigenvalue weighted by Gasteiger charge is 2.19. The maximum absolute atomic E-state index is 11.0. The normalized spacial score (nSPS) is 12.5. The second kappa shape index (κ2) is 3.13. The molecule has 2 heteroatoms. The molecule has 0 N–H and O–H groups in total. The van der Waals surface area contributed by atoms with Crippen molar-refractivity contribution in [1.82, 2.24) is 0 Å². The number of thiophene rings is 1. The Morgan fingerprint density at radius 3 is 3.13 bits per heavy atom. The predicted octanol–water partition coefficient (Wildman–Crippen LogP) is 3.56. The molecule has 0 saturated carbocycles. The van der Waals surface area contributed by atoms with Gasteiger partial charge in [-0.05, 0) is 6.07 Å². The van der Waals surface area contributed by atoms with Crippen LogP contribution in [0, 0.1) is 6.08 Å². The summed E-state index contributed by atoms with van der Waals surface area (Å²) in [6, 6.07) is 5.83. The Labute approximate surface area is 91.4 Å². The molecule has 1 nitrogen and oxygen atoms in total. The fraction of sp³-hybridized carbons (Fsp3) is 0. The van der Waals surface area contributed by atoms with Crippen molar-refractivity contribution < 1.29 is 4.79 Å². The Morgan fingerprint density at radius 2 is 2.27 bits per heavy atom. The van der Waals surface area contributed by atoms with Crippen LogP contribution in [0.4, 0.5) is 0 Å². The minimum atomic E-state index is 0.768. The molecular weight excluding hydrogens is 204 g/mol. The number of carbonyl (C=O) groups excluding carboxylic acids is 1. The molecule has 2 aromatic rings. The van der Waals surface area contributed by atoms with E-state index in [0.29, 0.717) is 0 Å². The van der Waals surface area contributed by atoms with Crippen molar-refractivity contribution in [3.63, 3.8) is 0 Å². The molecule has 0 unspecified atom stereocenters. The standard InChI is InChI=1S/C13H7OS/c14-8-9-4-3-7-12-13(9)10-5-1-2-6-11(10)15-12/h1,3-8H/q+1. The average molecular weight is 211 g/mol. The summed E-state index contributed by atoms with van der Waals surface area (Å²) in [5, 5.41) is 1.07. The summed E-state index contributed by atoms with van der Waals surface area (Å²) >= 11 is 1.70. The number of rotatable bonds is 1. The van der Waals surface area contributed by atoms with Gasteiger partial charge in [0.05, 0.1) is 10.8 Å². The Kier molecular flexibility index (Phi) is 1.78. The van der Waals surface area contributed by atoms with E-state index < -0.39 is 0 Å². The minimum Gasteiger partial charge on any atom is -0.298 e. The first-order valence-corrected chi connectivity index (χ1v) is 5.48. The lowest BCUT2D eigenvalue weighted by molar-refractivity contribution is 0.112. The van der Waals surface area contributed by atoms with E-state index in [4.69, 9.17) is 0 Å². The van der Waals surface area contributed by atoms with E-state index in [9.17, 15) is 4.79 Å². The number of carbonyl (C=O) groups is 1. The van der Waals surface area contributed by atoms with Crippen LogP contribution in [0.5, 0.6) is 0 Å². The molecule has 0 fully saturated rings. The van der Waals surface area contributed by atoms with Crippen molar-refractivity contribution in [2.24, 2.45) is 0 Å². The molecule has 0 amide bonds. The quantitative estimate of drug-likeness (QED) is 0.520. The Bertz CT molecular complexity index is 602. The highest BCUT2D eigenvalue weighted by molar-refractivity contribution is 7.20. The van der Waals surface area contributed by atoms with Crippen LogP contribution in [0.2, 0.25) is 0 Å². The summed E-state index contributed by atoms with van der Waals surface area (Å²) in [6.45, 7) is 0. The van der Waals surface area contributed by atoms with Crippen LogP contribution in [0.3, 0.4) is 0 Å². The molecule has 0 aliphatic heterocycles. The molecular formula is C13H7OS+. The Hall–Kier alpha value is -1.76. The number of aldehydes is 1. The van der Waals surface area contributed by atoms with Crippen molar-refractivity contribution in [2.45, 2.75) is 0 Å². The summed E-state index contributed by atoms with van der Waals surface area (Å²) in [6.07, 6.45) is 9.84. The van der Waals surface area contributed by atoms with Gasteiger partial charge in [0.2, 0.25) is 0 Å². The van der Waals surface area contributed by atoms with Crippen LogP contribution in [0.1, 0.15) is 20.8 Å². The summed E-state index contributed by atoms with van der Waals surface area (Å²) < 4.78 is 1.16. The first-order valence-electron chi connectivity index (χ1n) is 4.66. The third kappa shape index (κ3) is 1.16. The number of benzene rings is 1. The summed E-state index contributed by atoms with van der Waals surface area (Å²) in [5.41, 5.74) is 1.92. The first kappa shape index (κ1) is 8.54. The topological polar surface area (TPSA) is 17.1 Å². The SMILES string of the molecule is O=Cc1cccc2sc3c(c12)C=C[C+]=C3. The van der Waals surface area contributed by atoms with Gasteiger partial charge < -0.3 is 0 Å². The van der Waals surface area contributed by atoms with E-state index in [2.05, 4.69) is 6.08 Å². The number of fused-ring (bicyclic) bond motifs is 3. The van der Waals surface area contributed by atoms with Crippen molar-refractivity contribution >= 4 is 39.9 Å². The van der Waals surface area contributed by atoms with Gasteiger partial charge >= 0.3 is 0 Å². The van der Waals surface area contributed by atoms with Crippen molar-refractivity contribution in [2.75, 3.05) is 0 Å². The molecule has 1 aliphatic carbocycles. The van der Waals surface area contributed by atoms with Gasteiger partial charge in [-0.15, -0.1) is 0 Å². The van der Waals surface area contributed by atoms with Crippen molar-refractivity contribution in [1.29, 1.82) is 0 Å². The van der Waals surface area contributed by atoms with Crippen LogP contribution in [0.15, 0.2) is 24.3 Å². The second-order valence-electron chi connectivity index (χ2n) is 3.36. The molecule has 70 valence electrons. The Morgan fingerprint density at radius 1 is 1.33 bits per heavy atom. The van der Waals surface area contributed by atoms with Crippen molar-refractivity contribution in [3.8, 4) is 0 Å². The zero-order chi connectivity index (χ0) is 10.3. The molecule has 1 aromatic heterocycles. The van der Waals surface area contributed by atoms with Gasteiger partial charge in [0.15, 0.2) is 6.29 Å². The van der Waals surface area contributed by atoms with Crippen LogP contribution in [-0.4, -0.2) is 6.29 Å². The molecule has 1 aromatic carbocycles. The van der Waals surface area contributed by atoms with Gasteiger partial charge in [0.1, 0.15) is 22.6 Å². The van der Waals surface area contributed by atoms with Crippen molar-refractivity contribution in [3.05, 3.63) is 46.4 Å². The van der Waals surface area contributed by atoms with Crippen LogP contribution < -0.4 is 0 Å². The molecule has 0 spiro atoms. The zero-order valence-electron chi connectivity index (χ0n) is 7.86. The first-order chi connectivity index (χ1) is 7.40. The highest BCUT2D eigenvalue weighted by Crippen LogP contribution is 2.36. The highest BCUT2D eigenvalue weighted by atomic mass is 32.1. The van der Waals surface area contributed by atoms with Gasteiger partial charge in [0, 0.05) is 17.0 Å². The maximum atomic E-state index is 11.0. The average Bonchev–Trinajstić information content (AvgIpc) is 2.67. The smallest absolute Gasteiger partial charge is 0.150 e. The van der Waals surface area contributed by atoms with Gasteiger partial charge in [-0.1, -0.05) is 23.5 Å². The largest absolute Gasteiger partial charge is 0.298 e. The second-order valence-corrected chi connectivity index (χ2v) is 4.45. The summed E-state index contributed by atoms with van der Waals surface area (Å²) in [5.74, 6) is 0. The van der Waals surface area contributed by atoms with Crippen LogP contribution in [0.25, 0.3) is 22.2 Å². The Balaban J connectivity index is 2.50. The molecule has 1 heterocycles. The van der Waals surface area contributed by atoms with Gasteiger partial charge in [-0.2, -0.15) is 0 Å². The lowest BCUT2D eigenvalue weighted by Gasteiger charge is -1.93. The molecule has 0 bridgehead atoms. The van der Waals surface area contributed by atoms with Crippen LogP contribution >= 0.6 is 11.3 Å². The fourth-order valence-corrected chi connectivity index (χ4v) is 2.96. The number of hydrogen-bond donors (Lipinski definition) is 0. The maximum Gasteiger partial charge on any atom is 0.150 e. The van der Waals surface area contributed by atoms with E-state index in [-0.39, 0.29) is 0 Å². The van der Waals surface area contributed by atoms with E-state index in [1.807, 2.05) is 36.4 Å². The predicted molar refractivity (Wildman–Crippen MR) is 64.0 cm³/mol. The molecule has 0 saturated heterocycles. The third-order valence-corrected chi connectivity index (χ3v) is 3.62. The van der Waals surface area contributed by atoms with Gasteiger partial charge in [0.25, 0.3) is 0 Å². The zero-order valence-corrected chi connectivity index (χ0v) is 8.67. The number of hydrogen-bond acceptors (Lipinski definition) is 2. The summed E-state index contributed by atoms with van der Waals surface area (Å²) in [4.78, 5) is 12.1.